The van der Waals surface area contributed by atoms with Crippen LogP contribution in [0.5, 0.6) is 0 Å². The lowest BCUT2D eigenvalue weighted by molar-refractivity contribution is 0.0916. The number of anilines is 4. The summed E-state index contributed by atoms with van der Waals surface area (Å²) < 4.78 is 26.2. The first-order chi connectivity index (χ1) is 17.7. The van der Waals surface area contributed by atoms with Crippen LogP contribution in [0.15, 0.2) is 60.7 Å². The van der Waals surface area contributed by atoms with Crippen LogP contribution < -0.4 is 20.7 Å². The lowest BCUT2D eigenvalue weighted by Gasteiger charge is -2.29. The van der Waals surface area contributed by atoms with Crippen molar-refractivity contribution in [2.24, 2.45) is 0 Å². The van der Waals surface area contributed by atoms with Gasteiger partial charge in [-0.1, -0.05) is 24.3 Å². The highest BCUT2D eigenvalue weighted by Gasteiger charge is 2.23. The van der Waals surface area contributed by atoms with E-state index in [9.17, 15) is 18.0 Å². The number of likely N-dealkylation sites (tertiary alicyclic amines) is 1. The van der Waals surface area contributed by atoms with Gasteiger partial charge in [-0.15, -0.1) is 0 Å². The number of carbonyl (C=O) groups is 2. The molecule has 2 aliphatic rings. The number of carbonyl (C=O) groups excluding carboxylic acids is 2. The van der Waals surface area contributed by atoms with E-state index >= 15 is 0 Å². The molecule has 0 atom stereocenters. The highest BCUT2D eigenvalue weighted by molar-refractivity contribution is 7.92. The number of nitrogens with one attached hydrogen (secondary N) is 4. The molecule has 1 saturated heterocycles. The summed E-state index contributed by atoms with van der Waals surface area (Å²) in [5, 5.41) is 9.32. The second kappa shape index (κ2) is 9.87. The molecule has 0 radical (unpaired) electrons. The van der Waals surface area contributed by atoms with Gasteiger partial charge in [0.15, 0.2) is 0 Å². The fourth-order valence-electron chi connectivity index (χ4n) is 4.69. The summed E-state index contributed by atoms with van der Waals surface area (Å²) in [7, 11) is -1.39. The fraction of sp³-hybridized carbons (Fsp3) is 0.259. The SMILES string of the molecule is CN1CCC(NC(=O)c2ccc3c(c2)NC(=O)c2ccc(-c4ccccc4NS(C)(=O)=O)cc2N3)CC1. The normalized spacial score (nSPS) is 16.0. The number of rotatable bonds is 5. The Labute approximate surface area is 216 Å². The maximum absolute atomic E-state index is 13.1. The van der Waals surface area contributed by atoms with Gasteiger partial charge in [-0.2, -0.15) is 0 Å². The predicted octanol–water partition coefficient (Wildman–Crippen LogP) is 3.86. The number of fused-ring (bicyclic) bond motifs is 2. The average molecular weight is 520 g/mol. The molecule has 0 aliphatic carbocycles. The molecule has 2 heterocycles. The number of para-hydroxylation sites is 1. The van der Waals surface area contributed by atoms with Crippen molar-refractivity contribution in [2.45, 2.75) is 18.9 Å². The molecule has 192 valence electrons. The summed E-state index contributed by atoms with van der Waals surface area (Å²) in [6.45, 7) is 1.90. The van der Waals surface area contributed by atoms with Gasteiger partial charge in [-0.05, 0) is 74.9 Å². The molecule has 2 amide bonds. The van der Waals surface area contributed by atoms with Gasteiger partial charge >= 0.3 is 0 Å². The molecule has 4 N–H and O–H groups in total. The molecule has 0 saturated carbocycles. The summed E-state index contributed by atoms with van der Waals surface area (Å²) in [6, 6.07) is 17.7. The van der Waals surface area contributed by atoms with E-state index in [2.05, 4.69) is 32.6 Å². The molecule has 9 nitrogen and oxygen atoms in total. The van der Waals surface area contributed by atoms with Crippen LogP contribution in [0.2, 0.25) is 0 Å². The molecule has 3 aromatic rings. The summed E-state index contributed by atoms with van der Waals surface area (Å²) in [6.07, 6.45) is 2.92. The summed E-state index contributed by atoms with van der Waals surface area (Å²) in [5.74, 6) is -0.464. The lowest BCUT2D eigenvalue weighted by atomic mass is 10.0. The number of hydrogen-bond acceptors (Lipinski definition) is 6. The lowest BCUT2D eigenvalue weighted by Crippen LogP contribution is -2.43. The zero-order valence-corrected chi connectivity index (χ0v) is 21.5. The minimum atomic E-state index is -3.47. The largest absolute Gasteiger partial charge is 0.353 e. The van der Waals surface area contributed by atoms with Gasteiger partial charge in [0.05, 0.1) is 34.6 Å². The number of benzene rings is 3. The van der Waals surface area contributed by atoms with Gasteiger partial charge in [0.2, 0.25) is 10.0 Å². The van der Waals surface area contributed by atoms with Crippen molar-refractivity contribution in [2.75, 3.05) is 41.7 Å². The number of sulfonamides is 1. The van der Waals surface area contributed by atoms with Crippen LogP contribution in [-0.4, -0.2) is 57.6 Å². The first kappa shape index (κ1) is 24.8. The Balaban J connectivity index is 1.41. The minimum absolute atomic E-state index is 0.137. The van der Waals surface area contributed by atoms with Crippen LogP contribution in [0.25, 0.3) is 11.1 Å². The van der Waals surface area contributed by atoms with Crippen molar-refractivity contribution in [1.29, 1.82) is 0 Å². The molecule has 0 spiro atoms. The van der Waals surface area contributed by atoms with Crippen LogP contribution >= 0.6 is 0 Å². The number of hydrogen-bond donors (Lipinski definition) is 4. The van der Waals surface area contributed by atoms with Crippen molar-refractivity contribution in [3.8, 4) is 11.1 Å². The molecule has 0 aromatic heterocycles. The summed E-state index contributed by atoms with van der Waals surface area (Å²) in [4.78, 5) is 28.2. The van der Waals surface area contributed by atoms with Gasteiger partial charge in [0.1, 0.15) is 0 Å². The Bertz CT molecular complexity index is 1480. The average Bonchev–Trinajstić information content (AvgIpc) is 2.99. The van der Waals surface area contributed by atoms with E-state index in [1.54, 1.807) is 42.5 Å². The Morgan fingerprint density at radius 1 is 0.919 bits per heavy atom. The zero-order chi connectivity index (χ0) is 26.2. The van der Waals surface area contributed by atoms with Crippen molar-refractivity contribution in [3.05, 3.63) is 71.8 Å². The smallest absolute Gasteiger partial charge is 0.257 e. The van der Waals surface area contributed by atoms with Crippen LogP contribution in [0.3, 0.4) is 0 Å². The van der Waals surface area contributed by atoms with Crippen molar-refractivity contribution < 1.29 is 18.0 Å². The standard InChI is InChI=1S/C27H29N5O4S/c1-32-13-11-19(12-14-32)28-26(33)18-8-10-23-25(16-18)30-27(34)21-9-7-17(15-24(21)29-23)20-5-3-4-6-22(20)31-37(2,35)36/h3-10,15-16,19,29,31H,11-14H2,1-2H3,(H,28,33)(H,30,34). The van der Waals surface area contributed by atoms with Crippen LogP contribution in [0, 0.1) is 0 Å². The second-order valence-corrected chi connectivity index (χ2v) is 11.3. The molecule has 0 unspecified atom stereocenters. The van der Waals surface area contributed by atoms with E-state index in [0.29, 0.717) is 39.4 Å². The van der Waals surface area contributed by atoms with Crippen LogP contribution in [0.1, 0.15) is 33.6 Å². The van der Waals surface area contributed by atoms with E-state index in [0.717, 1.165) is 37.8 Å². The molecule has 5 rings (SSSR count). The van der Waals surface area contributed by atoms with E-state index in [1.807, 2.05) is 18.2 Å². The molecule has 2 aliphatic heterocycles. The third-order valence-electron chi connectivity index (χ3n) is 6.65. The van der Waals surface area contributed by atoms with Crippen LogP contribution in [0.4, 0.5) is 22.7 Å². The Morgan fingerprint density at radius 2 is 1.68 bits per heavy atom. The van der Waals surface area contributed by atoms with E-state index in [-0.39, 0.29) is 17.9 Å². The third kappa shape index (κ3) is 5.60. The van der Waals surface area contributed by atoms with E-state index < -0.39 is 10.0 Å². The van der Waals surface area contributed by atoms with Gasteiger partial charge in [0, 0.05) is 17.2 Å². The Kier molecular flexibility index (Phi) is 6.61. The molecular weight excluding hydrogens is 490 g/mol. The monoisotopic (exact) mass is 519 g/mol. The first-order valence-corrected chi connectivity index (χ1v) is 14.0. The van der Waals surface area contributed by atoms with Crippen molar-refractivity contribution in [3.63, 3.8) is 0 Å². The second-order valence-electron chi connectivity index (χ2n) is 9.57. The number of piperidine rings is 1. The third-order valence-corrected chi connectivity index (χ3v) is 7.24. The molecule has 1 fully saturated rings. The maximum Gasteiger partial charge on any atom is 0.257 e. The van der Waals surface area contributed by atoms with E-state index in [4.69, 9.17) is 0 Å². The molecule has 37 heavy (non-hydrogen) atoms. The molecule has 0 bridgehead atoms. The first-order valence-electron chi connectivity index (χ1n) is 12.1. The van der Waals surface area contributed by atoms with Gasteiger partial charge in [0.25, 0.3) is 11.8 Å². The van der Waals surface area contributed by atoms with Gasteiger partial charge in [-0.25, -0.2) is 8.42 Å². The van der Waals surface area contributed by atoms with Crippen molar-refractivity contribution in [1.82, 2.24) is 10.2 Å². The fourth-order valence-corrected chi connectivity index (χ4v) is 5.27. The summed E-state index contributed by atoms with van der Waals surface area (Å²) in [5.41, 5.74) is 4.53. The minimum Gasteiger partial charge on any atom is -0.353 e. The quantitative estimate of drug-likeness (QED) is 0.406. The zero-order valence-electron chi connectivity index (χ0n) is 20.7. The van der Waals surface area contributed by atoms with E-state index in [1.165, 1.54) is 0 Å². The van der Waals surface area contributed by atoms with Crippen molar-refractivity contribution >= 4 is 44.6 Å². The predicted molar refractivity (Wildman–Crippen MR) is 146 cm³/mol. The Morgan fingerprint density at radius 3 is 2.43 bits per heavy atom. The summed E-state index contributed by atoms with van der Waals surface area (Å²) >= 11 is 0. The molecule has 3 aromatic carbocycles. The van der Waals surface area contributed by atoms with Gasteiger partial charge < -0.3 is 20.9 Å². The van der Waals surface area contributed by atoms with Gasteiger partial charge in [-0.3, -0.25) is 14.3 Å². The molecular formula is C27H29N5O4S. The highest BCUT2D eigenvalue weighted by atomic mass is 32.2. The Hall–Kier alpha value is -3.89. The number of nitrogens with zero attached hydrogens (tertiary/aromatic N) is 1. The van der Waals surface area contributed by atoms with Crippen LogP contribution in [-0.2, 0) is 10.0 Å². The highest BCUT2D eigenvalue weighted by Crippen LogP contribution is 2.37. The molecule has 10 heteroatoms. The maximum atomic E-state index is 13.1. The number of amides is 2. The topological polar surface area (TPSA) is 120 Å².